The Morgan fingerprint density at radius 1 is 1.24 bits per heavy atom. The number of nitrogens with one attached hydrogen (secondary N) is 3. The fourth-order valence-corrected chi connectivity index (χ4v) is 5.15. The highest BCUT2D eigenvalue weighted by Crippen LogP contribution is 2.33. The zero-order chi connectivity index (χ0) is 27.6. The number of aromatic nitrogens is 3. The van der Waals surface area contributed by atoms with E-state index in [0.29, 0.717) is 22.2 Å². The highest BCUT2D eigenvalue weighted by Gasteiger charge is 2.44. The van der Waals surface area contributed by atoms with Crippen LogP contribution in [0.25, 0.3) is 11.0 Å². The number of rotatable bonds is 9. The molecular weight excluding hydrogens is 494 g/mol. The Bertz CT molecular complexity index is 1180. The number of aromatic amines is 1. The number of nitrogens with two attached hydrogens (primary N) is 2. The molecule has 38 heavy (non-hydrogen) atoms. The first-order chi connectivity index (χ1) is 18.1. The SMILES string of the molecule is CCC(CC)O[C@@H]1C=C(C(=O)OC[C@H]2N[C@@H](c3c[nH]c4c(N)ncnc34)[C@H](O)[C@@H]2O)C[C@H](N)[C@H]1NC(C)=O. The third-order valence-corrected chi connectivity index (χ3v) is 7.28. The Morgan fingerprint density at radius 3 is 2.66 bits per heavy atom. The maximum atomic E-state index is 13.0. The van der Waals surface area contributed by atoms with E-state index in [4.69, 9.17) is 20.9 Å². The van der Waals surface area contributed by atoms with Crippen molar-refractivity contribution in [3.05, 3.63) is 29.7 Å². The van der Waals surface area contributed by atoms with Gasteiger partial charge in [0.2, 0.25) is 5.91 Å². The molecule has 13 heteroatoms. The first-order valence-electron chi connectivity index (χ1n) is 12.9. The number of fused-ring (bicyclic) bond motifs is 1. The number of esters is 1. The molecule has 1 aliphatic carbocycles. The molecule has 0 spiro atoms. The molecule has 4 rings (SSSR count). The smallest absolute Gasteiger partial charge is 0.333 e. The molecule has 0 bridgehead atoms. The first-order valence-corrected chi connectivity index (χ1v) is 12.9. The van der Waals surface area contributed by atoms with Gasteiger partial charge in [-0.3, -0.25) is 10.1 Å². The molecule has 1 fully saturated rings. The van der Waals surface area contributed by atoms with E-state index in [1.165, 1.54) is 13.3 Å². The number of hydrogen-bond acceptors (Lipinski definition) is 11. The number of carbonyl (C=O) groups is 2. The lowest BCUT2D eigenvalue weighted by molar-refractivity contribution is -0.141. The zero-order valence-corrected chi connectivity index (χ0v) is 21.8. The van der Waals surface area contributed by atoms with E-state index < -0.39 is 48.4 Å². The summed E-state index contributed by atoms with van der Waals surface area (Å²) in [5, 5.41) is 27.4. The summed E-state index contributed by atoms with van der Waals surface area (Å²) in [6.45, 7) is 5.23. The van der Waals surface area contributed by atoms with Crippen LogP contribution in [0, 0.1) is 0 Å². The van der Waals surface area contributed by atoms with Crippen molar-refractivity contribution in [2.75, 3.05) is 12.3 Å². The molecule has 0 saturated carbocycles. The highest BCUT2D eigenvalue weighted by atomic mass is 16.5. The van der Waals surface area contributed by atoms with Gasteiger partial charge in [0.1, 0.15) is 30.7 Å². The van der Waals surface area contributed by atoms with Gasteiger partial charge in [-0.05, 0) is 25.3 Å². The van der Waals surface area contributed by atoms with E-state index in [-0.39, 0.29) is 30.9 Å². The van der Waals surface area contributed by atoms with Crippen molar-refractivity contribution in [3.8, 4) is 0 Å². The van der Waals surface area contributed by atoms with Crippen molar-refractivity contribution in [2.45, 2.75) is 88.6 Å². The second-order valence-electron chi connectivity index (χ2n) is 9.88. The van der Waals surface area contributed by atoms with Crippen LogP contribution in [0.2, 0.25) is 0 Å². The number of anilines is 1. The summed E-state index contributed by atoms with van der Waals surface area (Å²) in [6, 6.07) is -2.43. The van der Waals surface area contributed by atoms with Crippen LogP contribution in [-0.4, -0.2) is 86.2 Å². The summed E-state index contributed by atoms with van der Waals surface area (Å²) in [7, 11) is 0. The lowest BCUT2D eigenvalue weighted by Gasteiger charge is -2.36. The molecule has 13 nitrogen and oxygen atoms in total. The van der Waals surface area contributed by atoms with Gasteiger partial charge in [-0.25, -0.2) is 14.8 Å². The van der Waals surface area contributed by atoms with Gasteiger partial charge in [0.15, 0.2) is 5.82 Å². The summed E-state index contributed by atoms with van der Waals surface area (Å²) >= 11 is 0. The van der Waals surface area contributed by atoms with E-state index in [0.717, 1.165) is 12.8 Å². The molecule has 1 amide bonds. The standard InChI is InChI=1S/C25H37N7O6/c1-4-13(5-2)38-17-7-12(6-15(26)20(17)31-11(3)33)25(36)37-9-16-22(34)23(35)19(32-16)14-8-28-21-18(14)29-10-30-24(21)27/h7-8,10,13,15-17,19-20,22-23,28,32,34-35H,4-6,9,26H2,1-3H3,(H,31,33)(H2,27,29,30)/t15-,16+,17+,19-,20+,22+,23-/m0/s1. The van der Waals surface area contributed by atoms with Gasteiger partial charge >= 0.3 is 5.97 Å². The van der Waals surface area contributed by atoms with E-state index in [9.17, 15) is 19.8 Å². The van der Waals surface area contributed by atoms with Gasteiger partial charge in [-0.2, -0.15) is 0 Å². The number of carbonyl (C=O) groups excluding carboxylic acids is 2. The van der Waals surface area contributed by atoms with Crippen LogP contribution < -0.4 is 22.1 Å². The molecule has 1 saturated heterocycles. The Labute approximate surface area is 220 Å². The molecule has 208 valence electrons. The lowest BCUT2D eigenvalue weighted by atomic mass is 9.88. The maximum absolute atomic E-state index is 13.0. The van der Waals surface area contributed by atoms with E-state index in [2.05, 4.69) is 25.6 Å². The molecule has 0 unspecified atom stereocenters. The number of aliphatic hydroxyl groups excluding tert-OH is 2. The van der Waals surface area contributed by atoms with Crippen LogP contribution in [0.1, 0.15) is 51.6 Å². The third kappa shape index (κ3) is 5.66. The number of ether oxygens (including phenoxy) is 2. The van der Waals surface area contributed by atoms with Gasteiger partial charge in [0, 0.05) is 30.3 Å². The monoisotopic (exact) mass is 531 g/mol. The second kappa shape index (κ2) is 11.7. The van der Waals surface area contributed by atoms with Crippen molar-refractivity contribution < 1.29 is 29.3 Å². The molecule has 3 heterocycles. The topological polar surface area (TPSA) is 211 Å². The van der Waals surface area contributed by atoms with Crippen LogP contribution in [0.5, 0.6) is 0 Å². The zero-order valence-electron chi connectivity index (χ0n) is 21.8. The van der Waals surface area contributed by atoms with Gasteiger partial charge in [-0.15, -0.1) is 0 Å². The maximum Gasteiger partial charge on any atom is 0.333 e. The number of H-pyrrole nitrogens is 1. The summed E-state index contributed by atoms with van der Waals surface area (Å²) < 4.78 is 11.7. The molecule has 7 atom stereocenters. The van der Waals surface area contributed by atoms with E-state index in [1.54, 1.807) is 12.3 Å². The average Bonchev–Trinajstić information content (AvgIpc) is 3.44. The molecule has 0 aromatic carbocycles. The van der Waals surface area contributed by atoms with Gasteiger partial charge < -0.3 is 41.5 Å². The van der Waals surface area contributed by atoms with Crippen molar-refractivity contribution in [2.24, 2.45) is 5.73 Å². The molecule has 2 aromatic heterocycles. The Hall–Kier alpha value is -3.10. The van der Waals surface area contributed by atoms with Gasteiger partial charge in [0.25, 0.3) is 0 Å². The van der Waals surface area contributed by atoms with Crippen LogP contribution in [0.15, 0.2) is 24.2 Å². The largest absolute Gasteiger partial charge is 0.461 e. The molecule has 9 N–H and O–H groups in total. The third-order valence-electron chi connectivity index (χ3n) is 7.28. The highest BCUT2D eigenvalue weighted by molar-refractivity contribution is 5.89. The predicted octanol–water partition coefficient (Wildman–Crippen LogP) is -0.446. The minimum atomic E-state index is -1.20. The van der Waals surface area contributed by atoms with Crippen molar-refractivity contribution in [3.63, 3.8) is 0 Å². The number of aliphatic hydroxyl groups is 2. The summed E-state index contributed by atoms with van der Waals surface area (Å²) in [4.78, 5) is 35.9. The van der Waals surface area contributed by atoms with Crippen LogP contribution in [0.3, 0.4) is 0 Å². The summed E-state index contributed by atoms with van der Waals surface area (Å²) in [6.07, 6.45) is 3.35. The van der Waals surface area contributed by atoms with Crippen molar-refractivity contribution in [1.29, 1.82) is 0 Å². The number of hydrogen-bond donors (Lipinski definition) is 7. The van der Waals surface area contributed by atoms with Crippen LogP contribution in [0.4, 0.5) is 5.82 Å². The van der Waals surface area contributed by atoms with E-state index >= 15 is 0 Å². The number of nitrogens with zero attached hydrogens (tertiary/aromatic N) is 2. The Balaban J connectivity index is 1.45. The van der Waals surface area contributed by atoms with Crippen LogP contribution >= 0.6 is 0 Å². The van der Waals surface area contributed by atoms with Gasteiger partial charge in [0.05, 0.1) is 35.9 Å². The fourth-order valence-electron chi connectivity index (χ4n) is 5.15. The predicted molar refractivity (Wildman–Crippen MR) is 138 cm³/mol. The molecular formula is C25H37N7O6. The van der Waals surface area contributed by atoms with Crippen LogP contribution in [-0.2, 0) is 19.1 Å². The normalized spacial score (nSPS) is 29.4. The quantitative estimate of drug-likeness (QED) is 0.206. The summed E-state index contributed by atoms with van der Waals surface area (Å²) in [5.41, 5.74) is 14.2. The minimum absolute atomic E-state index is 0.0588. The fraction of sp³-hybridized carbons (Fsp3) is 0.600. The van der Waals surface area contributed by atoms with E-state index in [1.807, 2.05) is 13.8 Å². The number of amides is 1. The Kier molecular flexibility index (Phi) is 8.63. The molecule has 0 radical (unpaired) electrons. The second-order valence-corrected chi connectivity index (χ2v) is 9.88. The first kappa shape index (κ1) is 27.9. The van der Waals surface area contributed by atoms with Crippen molar-refractivity contribution in [1.82, 2.24) is 25.6 Å². The molecule has 1 aliphatic heterocycles. The summed E-state index contributed by atoms with van der Waals surface area (Å²) in [5.74, 6) is -0.563. The van der Waals surface area contributed by atoms with Gasteiger partial charge in [-0.1, -0.05) is 13.8 Å². The van der Waals surface area contributed by atoms with Crippen molar-refractivity contribution >= 4 is 28.7 Å². The molecule has 2 aliphatic rings. The Morgan fingerprint density at radius 2 is 1.97 bits per heavy atom. The molecule has 2 aromatic rings. The average molecular weight is 532 g/mol. The minimum Gasteiger partial charge on any atom is -0.461 e. The number of nitrogen functional groups attached to an aromatic ring is 1. The lowest BCUT2D eigenvalue weighted by Crippen LogP contribution is -2.57.